The molecule has 0 aliphatic carbocycles. The minimum atomic E-state index is -0.287. The van der Waals surface area contributed by atoms with Crippen LogP contribution in [0.3, 0.4) is 0 Å². The van der Waals surface area contributed by atoms with Crippen molar-refractivity contribution < 1.29 is 9.59 Å². The minimum Gasteiger partial charge on any atom is -0.289 e. The molecule has 22 heavy (non-hydrogen) atoms. The third kappa shape index (κ3) is 4.60. The van der Waals surface area contributed by atoms with Gasteiger partial charge in [-0.1, -0.05) is 36.4 Å². The van der Waals surface area contributed by atoms with Crippen molar-refractivity contribution in [2.45, 2.75) is 0 Å². The molecular weight excluding hydrogens is 280 g/mol. The highest BCUT2D eigenvalue weighted by atomic mass is 16.2. The lowest BCUT2D eigenvalue weighted by Crippen LogP contribution is -2.48. The number of carbonyl (C=O) groups is 2. The second-order valence-corrected chi connectivity index (χ2v) is 4.60. The van der Waals surface area contributed by atoms with Crippen molar-refractivity contribution in [3.63, 3.8) is 0 Å². The van der Waals surface area contributed by atoms with Gasteiger partial charge in [-0.3, -0.25) is 25.4 Å². The molecule has 0 fully saturated rings. The normalized spacial score (nSPS) is 9.86. The van der Waals surface area contributed by atoms with E-state index in [-0.39, 0.29) is 18.4 Å². The zero-order valence-electron chi connectivity index (χ0n) is 12.2. The molecule has 0 aliphatic rings. The summed E-state index contributed by atoms with van der Waals surface area (Å²) in [7, 11) is 1.75. The van der Waals surface area contributed by atoms with Gasteiger partial charge in [0, 0.05) is 12.6 Å². The van der Waals surface area contributed by atoms with Gasteiger partial charge >= 0.3 is 0 Å². The molecule has 0 heterocycles. The number of para-hydroxylation sites is 1. The van der Waals surface area contributed by atoms with Crippen molar-refractivity contribution >= 4 is 17.5 Å². The monoisotopic (exact) mass is 298 g/mol. The smallest absolute Gasteiger partial charge is 0.265 e. The van der Waals surface area contributed by atoms with Gasteiger partial charge in [0.25, 0.3) is 11.8 Å². The average molecular weight is 298 g/mol. The van der Waals surface area contributed by atoms with E-state index in [9.17, 15) is 9.59 Å². The van der Waals surface area contributed by atoms with Crippen LogP contribution in [0.25, 0.3) is 0 Å². The van der Waals surface area contributed by atoms with Crippen LogP contribution < -0.4 is 21.3 Å². The van der Waals surface area contributed by atoms with Crippen molar-refractivity contribution in [3.8, 4) is 0 Å². The number of hydrogen-bond donors (Lipinski definition) is 3. The molecule has 0 atom stereocenters. The Morgan fingerprint density at radius 1 is 0.955 bits per heavy atom. The third-order valence-electron chi connectivity index (χ3n) is 2.92. The zero-order chi connectivity index (χ0) is 15.8. The quantitative estimate of drug-likeness (QED) is 0.698. The molecule has 0 aromatic heterocycles. The largest absolute Gasteiger partial charge is 0.289 e. The summed E-state index contributed by atoms with van der Waals surface area (Å²) < 4.78 is 0. The Morgan fingerprint density at radius 3 is 2.18 bits per heavy atom. The highest BCUT2D eigenvalue weighted by Crippen LogP contribution is 2.07. The SMILES string of the molecule is CN(NC(=O)CNNC(=O)c1ccccc1)c1ccccc1. The highest BCUT2D eigenvalue weighted by Gasteiger charge is 2.07. The summed E-state index contributed by atoms with van der Waals surface area (Å²) in [5.74, 6) is -0.551. The summed E-state index contributed by atoms with van der Waals surface area (Å²) in [4.78, 5) is 23.5. The fourth-order valence-corrected chi connectivity index (χ4v) is 1.81. The van der Waals surface area contributed by atoms with Gasteiger partial charge in [-0.2, -0.15) is 0 Å². The number of nitrogens with zero attached hydrogens (tertiary/aromatic N) is 1. The number of benzene rings is 2. The maximum absolute atomic E-state index is 11.8. The van der Waals surface area contributed by atoms with E-state index in [2.05, 4.69) is 16.3 Å². The Bertz CT molecular complexity index is 617. The first-order chi connectivity index (χ1) is 10.7. The average Bonchev–Trinajstić information content (AvgIpc) is 2.56. The van der Waals surface area contributed by atoms with Gasteiger partial charge in [0.2, 0.25) is 0 Å². The Labute approximate surface area is 129 Å². The Balaban J connectivity index is 1.73. The summed E-state index contributed by atoms with van der Waals surface area (Å²) in [6.07, 6.45) is 0. The minimum absolute atomic E-state index is 0.0320. The maximum Gasteiger partial charge on any atom is 0.265 e. The van der Waals surface area contributed by atoms with E-state index in [0.29, 0.717) is 5.56 Å². The standard InChI is InChI=1S/C16H18N4O2/c1-20(14-10-6-3-7-11-14)19-15(21)12-17-18-16(22)13-8-4-2-5-9-13/h2-11,17H,12H2,1H3,(H,18,22)(H,19,21). The molecule has 114 valence electrons. The van der Waals surface area contributed by atoms with Crippen molar-refractivity contribution in [2.75, 3.05) is 18.6 Å². The first-order valence-corrected chi connectivity index (χ1v) is 6.83. The van der Waals surface area contributed by atoms with Crippen LogP contribution in [0.5, 0.6) is 0 Å². The summed E-state index contributed by atoms with van der Waals surface area (Å²) in [5.41, 5.74) is 9.16. The van der Waals surface area contributed by atoms with Crippen molar-refractivity contribution in [3.05, 3.63) is 66.2 Å². The molecule has 0 spiro atoms. The van der Waals surface area contributed by atoms with Crippen LogP contribution in [0, 0.1) is 0 Å². The molecule has 2 aromatic carbocycles. The summed E-state index contributed by atoms with van der Waals surface area (Å²) >= 11 is 0. The Hall–Kier alpha value is -2.86. The lowest BCUT2D eigenvalue weighted by Gasteiger charge is -2.20. The van der Waals surface area contributed by atoms with Gasteiger partial charge in [-0.15, -0.1) is 0 Å². The van der Waals surface area contributed by atoms with Crippen molar-refractivity contribution in [1.82, 2.24) is 16.3 Å². The number of hydrazine groups is 2. The van der Waals surface area contributed by atoms with Crippen LogP contribution in [0.1, 0.15) is 10.4 Å². The zero-order valence-corrected chi connectivity index (χ0v) is 12.2. The molecule has 2 rings (SSSR count). The van der Waals surface area contributed by atoms with Gasteiger partial charge in [0.1, 0.15) is 0 Å². The van der Waals surface area contributed by atoms with E-state index in [1.807, 2.05) is 36.4 Å². The maximum atomic E-state index is 11.8. The molecule has 6 heteroatoms. The van der Waals surface area contributed by atoms with Crippen molar-refractivity contribution in [1.29, 1.82) is 0 Å². The van der Waals surface area contributed by atoms with E-state index < -0.39 is 0 Å². The van der Waals surface area contributed by atoms with Crippen LogP contribution in [0.2, 0.25) is 0 Å². The molecule has 2 aromatic rings. The van der Waals surface area contributed by atoms with Gasteiger partial charge in [-0.05, 0) is 24.3 Å². The second kappa shape index (κ2) is 7.80. The third-order valence-corrected chi connectivity index (χ3v) is 2.92. The van der Waals surface area contributed by atoms with Gasteiger partial charge in [0.15, 0.2) is 0 Å². The summed E-state index contributed by atoms with van der Waals surface area (Å²) in [5, 5.41) is 1.61. The molecule has 0 bridgehead atoms. The number of nitrogens with one attached hydrogen (secondary N) is 3. The van der Waals surface area contributed by atoms with Crippen LogP contribution in [-0.4, -0.2) is 25.4 Å². The number of anilines is 1. The Morgan fingerprint density at radius 2 is 1.55 bits per heavy atom. The molecule has 0 aliphatic heterocycles. The van der Waals surface area contributed by atoms with Crippen LogP contribution >= 0.6 is 0 Å². The molecule has 6 nitrogen and oxygen atoms in total. The fraction of sp³-hybridized carbons (Fsp3) is 0.125. The lowest BCUT2D eigenvalue weighted by atomic mass is 10.2. The van der Waals surface area contributed by atoms with E-state index in [0.717, 1.165) is 5.69 Å². The predicted octanol–water partition coefficient (Wildman–Crippen LogP) is 1.09. The number of rotatable bonds is 6. The first kappa shape index (κ1) is 15.5. The summed E-state index contributed by atoms with van der Waals surface area (Å²) in [6, 6.07) is 18.2. The molecule has 0 radical (unpaired) electrons. The lowest BCUT2D eigenvalue weighted by molar-refractivity contribution is -0.120. The number of amides is 2. The first-order valence-electron chi connectivity index (χ1n) is 6.83. The Kier molecular flexibility index (Phi) is 5.50. The second-order valence-electron chi connectivity index (χ2n) is 4.60. The molecule has 0 unspecified atom stereocenters. The predicted molar refractivity (Wildman–Crippen MR) is 84.9 cm³/mol. The van der Waals surface area contributed by atoms with Gasteiger partial charge < -0.3 is 0 Å². The van der Waals surface area contributed by atoms with Gasteiger partial charge in [0.05, 0.1) is 12.2 Å². The van der Waals surface area contributed by atoms with Crippen molar-refractivity contribution in [2.24, 2.45) is 0 Å². The van der Waals surface area contributed by atoms with Crippen LogP contribution in [0.15, 0.2) is 60.7 Å². The van der Waals surface area contributed by atoms with Gasteiger partial charge in [-0.25, -0.2) is 5.43 Å². The molecule has 0 saturated carbocycles. The van der Waals surface area contributed by atoms with Crippen LogP contribution in [0.4, 0.5) is 5.69 Å². The number of carbonyl (C=O) groups excluding carboxylic acids is 2. The highest BCUT2D eigenvalue weighted by molar-refractivity contribution is 5.94. The van der Waals surface area contributed by atoms with E-state index in [1.165, 1.54) is 0 Å². The van der Waals surface area contributed by atoms with Crippen LogP contribution in [-0.2, 0) is 4.79 Å². The topological polar surface area (TPSA) is 73.5 Å². The fourth-order valence-electron chi connectivity index (χ4n) is 1.81. The molecule has 0 saturated heterocycles. The number of hydrogen-bond acceptors (Lipinski definition) is 4. The van der Waals surface area contributed by atoms with E-state index in [4.69, 9.17) is 0 Å². The molecular formula is C16H18N4O2. The van der Waals surface area contributed by atoms with E-state index in [1.54, 1.807) is 36.3 Å². The summed E-state index contributed by atoms with van der Waals surface area (Å²) in [6.45, 7) is -0.0320. The molecule has 2 amide bonds. The molecule has 3 N–H and O–H groups in total. The van der Waals surface area contributed by atoms with E-state index >= 15 is 0 Å².